The molecule has 0 amide bonds. The molecule has 12 rings (SSSR count). The van der Waals surface area contributed by atoms with Crippen LogP contribution in [0.1, 0.15) is 22.3 Å². The third kappa shape index (κ3) is 5.97. The Labute approximate surface area is 329 Å². The van der Waals surface area contributed by atoms with Crippen molar-refractivity contribution in [3.8, 4) is 11.5 Å². The molecule has 0 saturated carbocycles. The number of para-hydroxylation sites is 2. The van der Waals surface area contributed by atoms with E-state index in [1.54, 1.807) is 14.2 Å². The predicted molar refractivity (Wildman–Crippen MR) is 230 cm³/mol. The minimum Gasteiger partial charge on any atom is -0.497 e. The van der Waals surface area contributed by atoms with Crippen molar-refractivity contribution < 1.29 is 9.47 Å². The fraction of sp³-hybridized carbons (Fsp3) is 0.0435. The molecule has 2 aromatic heterocycles. The highest BCUT2D eigenvalue weighted by atomic mass is 28.2. The average Bonchev–Trinajstić information content (AvgIpc) is 3.98. The average molecular weight is 759 g/mol. The summed E-state index contributed by atoms with van der Waals surface area (Å²) in [5.41, 5.74) is 5.64. The van der Waals surface area contributed by atoms with Gasteiger partial charge in [-0.3, -0.25) is 0 Å². The fourth-order valence-corrected chi connectivity index (χ4v) is 9.25. The van der Waals surface area contributed by atoms with Crippen LogP contribution in [0.5, 0.6) is 11.5 Å². The van der Waals surface area contributed by atoms with Crippen molar-refractivity contribution in [2.45, 2.75) is 0 Å². The molecule has 0 N–H and O–H groups in total. The third-order valence-corrected chi connectivity index (χ3v) is 11.9. The van der Waals surface area contributed by atoms with Crippen LogP contribution in [-0.4, -0.2) is 55.9 Å². The summed E-state index contributed by atoms with van der Waals surface area (Å²) in [5, 5.41) is 4.16. The van der Waals surface area contributed by atoms with Gasteiger partial charge in [0, 0.05) is 43.8 Å². The minimum absolute atomic E-state index is 0.671. The van der Waals surface area contributed by atoms with E-state index in [9.17, 15) is 0 Å². The molecule has 274 valence electrons. The molecule has 0 aliphatic carbocycles. The summed E-state index contributed by atoms with van der Waals surface area (Å²) >= 11 is 0. The van der Waals surface area contributed by atoms with Gasteiger partial charge < -0.3 is 17.9 Å². The highest BCUT2D eigenvalue weighted by Crippen LogP contribution is 2.40. The van der Waals surface area contributed by atoms with Crippen LogP contribution in [0.3, 0.4) is 0 Å². The first-order chi connectivity index (χ1) is 28.2. The van der Waals surface area contributed by atoms with Gasteiger partial charge in [-0.25, -0.2) is 30.0 Å². The molecule has 6 heterocycles. The Morgan fingerprint density at radius 2 is 0.684 bits per heavy atom. The molecule has 4 aliphatic heterocycles. The first-order valence-electron chi connectivity index (χ1n) is 18.6. The van der Waals surface area contributed by atoms with Crippen LogP contribution in [0.25, 0.3) is 21.5 Å². The number of amidine groups is 4. The van der Waals surface area contributed by atoms with Crippen LogP contribution in [0.15, 0.2) is 188 Å². The number of aromatic nitrogens is 2. The molecule has 0 atom stereocenters. The van der Waals surface area contributed by atoms with Gasteiger partial charge in [0.05, 0.1) is 14.2 Å². The fourth-order valence-electron chi connectivity index (χ4n) is 7.46. The van der Waals surface area contributed by atoms with Gasteiger partial charge >= 0.3 is 0 Å². The normalized spacial score (nSPS) is 14.1. The van der Waals surface area contributed by atoms with Crippen molar-refractivity contribution in [3.63, 3.8) is 0 Å². The van der Waals surface area contributed by atoms with E-state index in [0.717, 1.165) is 77.9 Å². The molecule has 0 saturated heterocycles. The molecule has 6 aromatic carbocycles. The highest BCUT2D eigenvalue weighted by Gasteiger charge is 2.29. The van der Waals surface area contributed by atoms with Gasteiger partial charge in [-0.05, 0) is 24.3 Å². The van der Waals surface area contributed by atoms with Crippen molar-refractivity contribution in [3.05, 3.63) is 191 Å². The number of fused-ring (bicyclic) bond motifs is 14. The molecule has 8 aromatic rings. The first-order valence-corrected chi connectivity index (χ1v) is 19.8. The van der Waals surface area contributed by atoms with Crippen molar-refractivity contribution in [2.75, 3.05) is 14.2 Å². The van der Waals surface area contributed by atoms with Crippen molar-refractivity contribution >= 4 is 66.4 Å². The Morgan fingerprint density at radius 1 is 0.351 bits per heavy atom. The van der Waals surface area contributed by atoms with E-state index in [0.29, 0.717) is 23.3 Å². The lowest BCUT2D eigenvalue weighted by molar-refractivity contribution is 0.414. The van der Waals surface area contributed by atoms with Crippen LogP contribution in [0.2, 0.25) is 0 Å². The summed E-state index contributed by atoms with van der Waals surface area (Å²) in [6, 6.07) is 52.5. The molecule has 4 aliphatic rings. The lowest BCUT2D eigenvalue weighted by Crippen LogP contribution is -2.36. The maximum Gasteiger partial charge on any atom is 0.246 e. The number of hydrogen-bond donors (Lipinski definition) is 0. The number of hydrogen-bond acceptors (Lipinski definition) is 8. The number of aliphatic imine (C=N–C) groups is 4. The molecule has 6 bridgehead atoms. The van der Waals surface area contributed by atoms with Crippen LogP contribution in [-0.2, 0) is 0 Å². The summed E-state index contributed by atoms with van der Waals surface area (Å²) in [6.07, 6.45) is 0. The first kappa shape index (κ1) is 34.0. The standard InChI is InChI=1S/C32H18N8Si.2C7H8O/c1-2-10-18-17(9-1)25-33-26(18)36-30-23-15-7-8-16-24(23)32-38-28-20-12-4-3-11-19(20)27(34-28)37-31-22-14-6-5-13-21(22)29(35-25)39(31)41-40(30)32;2*1-8-7-5-3-2-4-6-7/h1-16H,41H2;2*2-6H,1H3. The van der Waals surface area contributed by atoms with Crippen molar-refractivity contribution in [1.82, 2.24) is 8.47 Å². The Bertz CT molecular complexity index is 2920. The number of ether oxygens (including phenoxy) is 2. The van der Waals surface area contributed by atoms with E-state index in [1.807, 2.05) is 84.9 Å². The molecule has 57 heavy (non-hydrogen) atoms. The van der Waals surface area contributed by atoms with E-state index in [4.69, 9.17) is 39.4 Å². The van der Waals surface area contributed by atoms with Gasteiger partial charge in [0.2, 0.25) is 9.84 Å². The molecular weight excluding hydrogens is 725 g/mol. The molecule has 11 heteroatoms. The van der Waals surface area contributed by atoms with Gasteiger partial charge in [-0.1, -0.05) is 133 Å². The highest BCUT2D eigenvalue weighted by molar-refractivity contribution is 6.37. The van der Waals surface area contributed by atoms with Gasteiger partial charge in [-0.2, -0.15) is 0 Å². The lowest BCUT2D eigenvalue weighted by atomic mass is 10.1. The molecule has 0 radical (unpaired) electrons. The van der Waals surface area contributed by atoms with E-state index in [1.165, 1.54) is 0 Å². The molecule has 0 spiro atoms. The van der Waals surface area contributed by atoms with Crippen LogP contribution < -0.4 is 20.4 Å². The number of nitrogens with zero attached hydrogens (tertiary/aromatic N) is 8. The van der Waals surface area contributed by atoms with E-state index in [-0.39, 0.29) is 0 Å². The van der Waals surface area contributed by atoms with Gasteiger partial charge in [0.25, 0.3) is 0 Å². The zero-order chi connectivity index (χ0) is 38.3. The maximum absolute atomic E-state index is 5.26. The molecule has 0 unspecified atom stereocenters. The third-order valence-electron chi connectivity index (χ3n) is 10.2. The summed E-state index contributed by atoms with van der Waals surface area (Å²) in [6.45, 7) is 0. The summed E-state index contributed by atoms with van der Waals surface area (Å²) in [4.78, 5) is 31.0. The van der Waals surface area contributed by atoms with E-state index in [2.05, 4.69) is 81.3 Å². The van der Waals surface area contributed by atoms with Crippen LogP contribution in [0, 0.1) is 0 Å². The maximum atomic E-state index is 5.26. The van der Waals surface area contributed by atoms with E-state index >= 15 is 0 Å². The smallest absolute Gasteiger partial charge is 0.246 e. The van der Waals surface area contributed by atoms with Gasteiger partial charge in [0.1, 0.15) is 34.1 Å². The Morgan fingerprint density at radius 3 is 1.05 bits per heavy atom. The monoisotopic (exact) mass is 758 g/mol. The summed E-state index contributed by atoms with van der Waals surface area (Å²) in [5.74, 6) is 6.22. The lowest BCUT2D eigenvalue weighted by Gasteiger charge is -2.12. The zero-order valence-corrected chi connectivity index (χ0v) is 32.5. The Balaban J connectivity index is 0.000000207. The number of benzene rings is 6. The zero-order valence-electron chi connectivity index (χ0n) is 31.1. The van der Waals surface area contributed by atoms with Crippen LogP contribution in [0.4, 0.5) is 11.6 Å². The van der Waals surface area contributed by atoms with Crippen molar-refractivity contribution in [2.24, 2.45) is 30.0 Å². The minimum atomic E-state index is -1.35. The number of rotatable bonds is 2. The van der Waals surface area contributed by atoms with Crippen LogP contribution >= 0.6 is 0 Å². The quantitative estimate of drug-likeness (QED) is 0.173. The Kier molecular flexibility index (Phi) is 8.53. The number of methoxy groups -OCH3 is 2. The SMILES string of the molecule is COc1ccccc1.COc1ccccc1.c1ccc2c(c1)C1=NC2=Nc2c3ccccc3c3n2[SiH2]n2c(c4ccccc4c2=NC2=NC(=N3)c3ccccc32)=N1. The summed E-state index contributed by atoms with van der Waals surface area (Å²) in [7, 11) is 1.98. The largest absolute Gasteiger partial charge is 0.497 e. The Hall–Kier alpha value is -7.50. The molecular formula is C46H34N8O2Si. The van der Waals surface area contributed by atoms with Crippen molar-refractivity contribution in [1.29, 1.82) is 0 Å². The predicted octanol–water partition coefficient (Wildman–Crippen LogP) is 7.33. The second kappa shape index (κ2) is 14.3. The molecule has 0 fully saturated rings. The molecule has 10 nitrogen and oxygen atoms in total. The second-order valence-electron chi connectivity index (χ2n) is 13.5. The van der Waals surface area contributed by atoms with Gasteiger partial charge in [0.15, 0.2) is 23.3 Å². The topological polar surface area (TPSA) is 102 Å². The second-order valence-corrected chi connectivity index (χ2v) is 15.0. The summed E-state index contributed by atoms with van der Waals surface area (Å²) < 4.78 is 14.4. The van der Waals surface area contributed by atoms with Gasteiger partial charge in [-0.15, -0.1) is 0 Å². The van der Waals surface area contributed by atoms with E-state index < -0.39 is 9.84 Å².